The maximum absolute atomic E-state index is 13.2. The highest BCUT2D eigenvalue weighted by Gasteiger charge is 2.45. The monoisotopic (exact) mass is 443 g/mol. The van der Waals surface area contributed by atoms with Gasteiger partial charge in [-0.15, -0.1) is 0 Å². The molecule has 0 radical (unpaired) electrons. The lowest BCUT2D eigenvalue weighted by molar-refractivity contribution is -0.907. The van der Waals surface area contributed by atoms with Crippen LogP contribution in [0.15, 0.2) is 52.3 Å². The van der Waals surface area contributed by atoms with E-state index in [1.54, 1.807) is 31.4 Å². The molecule has 9 heteroatoms. The SMILES string of the molecule is COc1ccc([C@@H]2C(C(=O)c3ccco3)=C(O)C(=O)N2CC[NH+]2CCOCC2)c(OC)c1. The van der Waals surface area contributed by atoms with Gasteiger partial charge in [-0.3, -0.25) is 9.59 Å². The van der Waals surface area contributed by atoms with Gasteiger partial charge >= 0.3 is 0 Å². The molecule has 0 aliphatic carbocycles. The van der Waals surface area contributed by atoms with E-state index in [0.29, 0.717) is 43.4 Å². The largest absolute Gasteiger partial charge is 0.503 e. The van der Waals surface area contributed by atoms with Crippen LogP contribution >= 0.6 is 0 Å². The van der Waals surface area contributed by atoms with Gasteiger partial charge in [0.2, 0.25) is 5.78 Å². The number of nitrogens with zero attached hydrogens (tertiary/aromatic N) is 1. The number of rotatable bonds is 8. The summed E-state index contributed by atoms with van der Waals surface area (Å²) in [5.41, 5.74) is 0.558. The number of furan rings is 1. The van der Waals surface area contributed by atoms with E-state index in [1.165, 1.54) is 29.2 Å². The minimum absolute atomic E-state index is 0.0228. The van der Waals surface area contributed by atoms with Crippen LogP contribution < -0.4 is 14.4 Å². The number of amides is 1. The zero-order valence-corrected chi connectivity index (χ0v) is 18.1. The Hall–Kier alpha value is -3.30. The van der Waals surface area contributed by atoms with Crippen LogP contribution in [-0.2, 0) is 9.53 Å². The Morgan fingerprint density at radius 1 is 1.22 bits per heavy atom. The average molecular weight is 443 g/mol. The van der Waals surface area contributed by atoms with Crippen molar-refractivity contribution < 1.29 is 38.2 Å². The topological polar surface area (TPSA) is 103 Å². The molecule has 1 aromatic heterocycles. The van der Waals surface area contributed by atoms with Gasteiger partial charge in [-0.2, -0.15) is 0 Å². The normalized spacial score (nSPS) is 19.5. The van der Waals surface area contributed by atoms with Crippen molar-refractivity contribution >= 4 is 11.7 Å². The molecule has 0 unspecified atom stereocenters. The second kappa shape index (κ2) is 9.46. The molecule has 1 fully saturated rings. The molecule has 1 aromatic carbocycles. The highest BCUT2D eigenvalue weighted by Crippen LogP contribution is 2.43. The molecule has 2 aliphatic rings. The van der Waals surface area contributed by atoms with Gasteiger partial charge in [-0.1, -0.05) is 0 Å². The molecule has 1 atom stereocenters. The van der Waals surface area contributed by atoms with Gasteiger partial charge in [-0.05, 0) is 24.3 Å². The fraction of sp³-hybridized carbons (Fsp3) is 0.391. The Morgan fingerprint density at radius 3 is 2.66 bits per heavy atom. The van der Waals surface area contributed by atoms with Gasteiger partial charge < -0.3 is 33.5 Å². The molecule has 0 spiro atoms. The first-order valence-corrected chi connectivity index (χ1v) is 10.5. The van der Waals surface area contributed by atoms with Crippen LogP contribution in [0, 0.1) is 0 Å². The third-order valence-electron chi connectivity index (χ3n) is 5.93. The molecule has 2 aromatic rings. The lowest BCUT2D eigenvalue weighted by Gasteiger charge is -2.30. The van der Waals surface area contributed by atoms with E-state index in [2.05, 4.69) is 0 Å². The third kappa shape index (κ3) is 4.09. The van der Waals surface area contributed by atoms with Crippen LogP contribution in [0.25, 0.3) is 0 Å². The molecule has 4 rings (SSSR count). The molecule has 2 aliphatic heterocycles. The number of morpholine rings is 1. The highest BCUT2D eigenvalue weighted by atomic mass is 16.5. The maximum Gasteiger partial charge on any atom is 0.290 e. The number of aliphatic hydroxyl groups is 1. The zero-order valence-electron chi connectivity index (χ0n) is 18.1. The summed E-state index contributed by atoms with van der Waals surface area (Å²) < 4.78 is 21.5. The Morgan fingerprint density at radius 2 is 2.00 bits per heavy atom. The van der Waals surface area contributed by atoms with Crippen molar-refractivity contribution in [3.8, 4) is 11.5 Å². The molecule has 0 saturated carbocycles. The fourth-order valence-corrected chi connectivity index (χ4v) is 4.21. The number of ether oxygens (including phenoxy) is 3. The van der Waals surface area contributed by atoms with E-state index in [9.17, 15) is 14.7 Å². The molecule has 9 nitrogen and oxygen atoms in total. The number of hydrogen-bond donors (Lipinski definition) is 2. The highest BCUT2D eigenvalue weighted by molar-refractivity contribution is 6.15. The molecule has 3 heterocycles. The summed E-state index contributed by atoms with van der Waals surface area (Å²) in [5, 5.41) is 10.8. The van der Waals surface area contributed by atoms with Crippen LogP contribution in [0.5, 0.6) is 11.5 Å². The van der Waals surface area contributed by atoms with Crippen molar-refractivity contribution in [2.24, 2.45) is 0 Å². The molecule has 1 amide bonds. The minimum Gasteiger partial charge on any atom is -0.503 e. The summed E-state index contributed by atoms with van der Waals surface area (Å²) in [7, 11) is 3.05. The predicted molar refractivity (Wildman–Crippen MR) is 113 cm³/mol. The summed E-state index contributed by atoms with van der Waals surface area (Å²) >= 11 is 0. The average Bonchev–Trinajstić information content (AvgIpc) is 3.45. The van der Waals surface area contributed by atoms with E-state index < -0.39 is 23.5 Å². The first kappa shape index (κ1) is 21.9. The molecular formula is C23H27N2O7+. The van der Waals surface area contributed by atoms with Crippen molar-refractivity contribution in [2.75, 3.05) is 53.6 Å². The summed E-state index contributed by atoms with van der Waals surface area (Å²) in [6, 6.07) is 7.45. The van der Waals surface area contributed by atoms with Crippen molar-refractivity contribution in [1.29, 1.82) is 0 Å². The number of methoxy groups -OCH3 is 2. The molecule has 1 saturated heterocycles. The van der Waals surface area contributed by atoms with Crippen molar-refractivity contribution in [3.05, 3.63) is 59.3 Å². The predicted octanol–water partition coefficient (Wildman–Crippen LogP) is 0.790. The van der Waals surface area contributed by atoms with E-state index in [1.807, 2.05) is 0 Å². The smallest absolute Gasteiger partial charge is 0.290 e. The van der Waals surface area contributed by atoms with Crippen molar-refractivity contribution in [2.45, 2.75) is 6.04 Å². The summed E-state index contributed by atoms with van der Waals surface area (Å²) in [4.78, 5) is 29.2. The van der Waals surface area contributed by atoms with Crippen molar-refractivity contribution in [3.63, 3.8) is 0 Å². The number of benzene rings is 1. The van der Waals surface area contributed by atoms with Gasteiger partial charge in [0.1, 0.15) is 24.6 Å². The maximum atomic E-state index is 13.2. The van der Waals surface area contributed by atoms with E-state index in [0.717, 1.165) is 13.1 Å². The van der Waals surface area contributed by atoms with Gasteiger partial charge in [0.05, 0.1) is 58.4 Å². The first-order valence-electron chi connectivity index (χ1n) is 10.5. The second-order valence-corrected chi connectivity index (χ2v) is 7.69. The van der Waals surface area contributed by atoms with E-state index >= 15 is 0 Å². The third-order valence-corrected chi connectivity index (χ3v) is 5.93. The van der Waals surface area contributed by atoms with E-state index in [4.69, 9.17) is 18.6 Å². The number of quaternary nitrogens is 1. The van der Waals surface area contributed by atoms with Gasteiger partial charge in [0.15, 0.2) is 11.5 Å². The lowest BCUT2D eigenvalue weighted by atomic mass is 9.94. The number of aliphatic hydroxyl groups excluding tert-OH is 1. The van der Waals surface area contributed by atoms with E-state index in [-0.39, 0.29) is 11.3 Å². The zero-order chi connectivity index (χ0) is 22.7. The Balaban J connectivity index is 1.73. The Labute approximate surface area is 185 Å². The lowest BCUT2D eigenvalue weighted by Crippen LogP contribution is -3.14. The van der Waals surface area contributed by atoms with Crippen molar-refractivity contribution in [1.82, 2.24) is 4.90 Å². The summed E-state index contributed by atoms with van der Waals surface area (Å²) in [6.45, 7) is 4.05. The number of hydrogen-bond acceptors (Lipinski definition) is 7. The number of carbonyl (C=O) groups is 2. The quantitative estimate of drug-likeness (QED) is 0.582. The van der Waals surface area contributed by atoms with Gasteiger partial charge in [-0.25, -0.2) is 0 Å². The summed E-state index contributed by atoms with van der Waals surface area (Å²) in [6.07, 6.45) is 1.38. The molecule has 2 N–H and O–H groups in total. The molecular weight excluding hydrogens is 416 g/mol. The van der Waals surface area contributed by atoms with Crippen LogP contribution in [0.1, 0.15) is 22.2 Å². The number of ketones is 1. The second-order valence-electron chi connectivity index (χ2n) is 7.69. The van der Waals surface area contributed by atoms with Crippen LogP contribution in [-0.4, -0.2) is 75.3 Å². The standard InChI is InChI=1S/C23H26N2O7/c1-29-15-5-6-16(18(14-15)30-2)20-19(21(26)17-4-3-11-32-17)22(27)23(28)25(20)8-7-24-9-12-31-13-10-24/h3-6,11,14,20,27H,7-10,12-13H2,1-2H3/p+1/t20-/m1/s1. The van der Waals surface area contributed by atoms with Crippen LogP contribution in [0.3, 0.4) is 0 Å². The molecule has 170 valence electrons. The summed E-state index contributed by atoms with van der Waals surface area (Å²) in [5.74, 6) is -0.610. The van der Waals surface area contributed by atoms with Gasteiger partial charge in [0, 0.05) is 11.6 Å². The molecule has 0 bridgehead atoms. The number of carbonyl (C=O) groups excluding carboxylic acids is 2. The van der Waals surface area contributed by atoms with Crippen LogP contribution in [0.4, 0.5) is 0 Å². The minimum atomic E-state index is -0.818. The number of nitrogens with one attached hydrogen (secondary N) is 1. The Bertz CT molecular complexity index is 1010. The first-order chi connectivity index (χ1) is 15.5. The molecule has 32 heavy (non-hydrogen) atoms. The number of Topliss-reactive ketones (excluding diaryl/α,β-unsaturated/α-hetero) is 1. The fourth-order valence-electron chi connectivity index (χ4n) is 4.21. The Kier molecular flexibility index (Phi) is 6.48. The van der Waals surface area contributed by atoms with Gasteiger partial charge in [0.25, 0.3) is 5.91 Å². The van der Waals surface area contributed by atoms with Crippen LogP contribution in [0.2, 0.25) is 0 Å².